The van der Waals surface area contributed by atoms with Crippen LogP contribution in [0, 0.1) is 0 Å². The van der Waals surface area contributed by atoms with Crippen molar-refractivity contribution in [1.29, 1.82) is 0 Å². The highest BCUT2D eigenvalue weighted by molar-refractivity contribution is 7.10. The molecule has 0 bridgehead atoms. The molecule has 1 heterocycles. The van der Waals surface area contributed by atoms with E-state index in [1.807, 2.05) is 24.3 Å². The Hall–Kier alpha value is -2.01. The molecule has 0 aliphatic rings. The number of nitrogens with one attached hydrogen (secondary N) is 2. The average molecular weight is 275 g/mol. The first-order valence-corrected chi connectivity index (χ1v) is 7.03. The largest absolute Gasteiger partial charge is 0.377 e. The van der Waals surface area contributed by atoms with E-state index >= 15 is 0 Å². The van der Waals surface area contributed by atoms with Crippen molar-refractivity contribution in [1.82, 2.24) is 0 Å². The summed E-state index contributed by atoms with van der Waals surface area (Å²) in [6.07, 6.45) is 1.02. The number of urea groups is 1. The van der Waals surface area contributed by atoms with E-state index < -0.39 is 6.03 Å². The minimum Gasteiger partial charge on any atom is -0.377 e. The van der Waals surface area contributed by atoms with Gasteiger partial charge in [-0.25, -0.2) is 4.79 Å². The van der Waals surface area contributed by atoms with E-state index in [1.165, 1.54) is 4.88 Å². The lowest BCUT2D eigenvalue weighted by Gasteiger charge is -2.17. The SMILES string of the molecule is CCC(Nc1ccc(NC(N)=O)cc1)c1cccs1. The lowest BCUT2D eigenvalue weighted by atomic mass is 10.1. The van der Waals surface area contributed by atoms with Crippen LogP contribution in [0.1, 0.15) is 24.3 Å². The summed E-state index contributed by atoms with van der Waals surface area (Å²) in [5.74, 6) is 0. The predicted octanol–water partition coefficient (Wildman–Crippen LogP) is 3.80. The number of anilines is 2. The van der Waals surface area contributed by atoms with Crippen LogP contribution in [0.5, 0.6) is 0 Å². The Bertz CT molecular complexity index is 522. The van der Waals surface area contributed by atoms with Crippen molar-refractivity contribution in [2.45, 2.75) is 19.4 Å². The number of amides is 2. The minimum absolute atomic E-state index is 0.315. The number of primary amides is 1. The van der Waals surface area contributed by atoms with E-state index in [1.54, 1.807) is 11.3 Å². The first-order chi connectivity index (χ1) is 9.19. The van der Waals surface area contributed by atoms with Crippen LogP contribution in [0.15, 0.2) is 41.8 Å². The minimum atomic E-state index is -0.550. The lowest BCUT2D eigenvalue weighted by molar-refractivity contribution is 0.259. The van der Waals surface area contributed by atoms with Crippen LogP contribution in [0.2, 0.25) is 0 Å². The van der Waals surface area contributed by atoms with Gasteiger partial charge in [0.05, 0.1) is 6.04 Å². The number of hydrogen-bond donors (Lipinski definition) is 3. The van der Waals surface area contributed by atoms with E-state index in [-0.39, 0.29) is 0 Å². The fourth-order valence-corrected chi connectivity index (χ4v) is 2.72. The van der Waals surface area contributed by atoms with Gasteiger partial charge in [-0.2, -0.15) is 0 Å². The number of carbonyl (C=O) groups is 1. The first-order valence-electron chi connectivity index (χ1n) is 6.15. The highest BCUT2D eigenvalue weighted by atomic mass is 32.1. The molecule has 5 heteroatoms. The van der Waals surface area contributed by atoms with Crippen molar-refractivity contribution in [3.63, 3.8) is 0 Å². The van der Waals surface area contributed by atoms with Crippen LogP contribution >= 0.6 is 11.3 Å². The smallest absolute Gasteiger partial charge is 0.316 e. The lowest BCUT2D eigenvalue weighted by Crippen LogP contribution is -2.19. The van der Waals surface area contributed by atoms with Crippen LogP contribution < -0.4 is 16.4 Å². The molecule has 0 saturated heterocycles. The monoisotopic (exact) mass is 275 g/mol. The number of benzene rings is 1. The maximum absolute atomic E-state index is 10.7. The van der Waals surface area contributed by atoms with Crippen molar-refractivity contribution in [3.8, 4) is 0 Å². The molecule has 4 N–H and O–H groups in total. The van der Waals surface area contributed by atoms with Crippen LogP contribution in [0.4, 0.5) is 16.2 Å². The second-order valence-corrected chi connectivity index (χ2v) is 5.17. The van der Waals surface area contributed by atoms with Crippen LogP contribution in [0.25, 0.3) is 0 Å². The Labute approximate surface area is 116 Å². The van der Waals surface area contributed by atoms with Crippen LogP contribution in [0.3, 0.4) is 0 Å². The molecular weight excluding hydrogens is 258 g/mol. The third kappa shape index (κ3) is 3.72. The van der Waals surface area contributed by atoms with Crippen molar-refractivity contribution in [2.24, 2.45) is 5.73 Å². The summed E-state index contributed by atoms with van der Waals surface area (Å²) in [4.78, 5) is 12.1. The maximum Gasteiger partial charge on any atom is 0.316 e. The van der Waals surface area contributed by atoms with E-state index in [0.717, 1.165) is 12.1 Å². The molecule has 4 nitrogen and oxygen atoms in total. The van der Waals surface area contributed by atoms with Gasteiger partial charge in [0.2, 0.25) is 0 Å². The zero-order chi connectivity index (χ0) is 13.7. The summed E-state index contributed by atoms with van der Waals surface area (Å²) in [6, 6.07) is 11.5. The number of rotatable bonds is 5. The molecule has 0 spiro atoms. The van der Waals surface area contributed by atoms with Crippen LogP contribution in [-0.4, -0.2) is 6.03 Å². The molecule has 2 rings (SSSR count). The molecule has 100 valence electrons. The molecular formula is C14H17N3OS. The third-order valence-electron chi connectivity index (χ3n) is 2.79. The highest BCUT2D eigenvalue weighted by Crippen LogP contribution is 2.26. The van der Waals surface area contributed by atoms with Gasteiger partial charge in [-0.05, 0) is 42.1 Å². The molecule has 1 aromatic heterocycles. The number of hydrogen-bond acceptors (Lipinski definition) is 3. The molecule has 2 amide bonds. The summed E-state index contributed by atoms with van der Waals surface area (Å²) in [7, 11) is 0. The van der Waals surface area contributed by atoms with Gasteiger partial charge in [0.1, 0.15) is 0 Å². The maximum atomic E-state index is 10.7. The third-order valence-corrected chi connectivity index (χ3v) is 3.77. The number of thiophene rings is 1. The van der Waals surface area contributed by atoms with Gasteiger partial charge < -0.3 is 16.4 Å². The quantitative estimate of drug-likeness (QED) is 0.777. The van der Waals surface area contributed by atoms with Gasteiger partial charge in [0.15, 0.2) is 0 Å². The Balaban J connectivity index is 2.04. The molecule has 0 radical (unpaired) electrons. The molecule has 0 saturated carbocycles. The van der Waals surface area contributed by atoms with Crippen molar-refractivity contribution in [2.75, 3.05) is 10.6 Å². The van der Waals surface area contributed by atoms with Gasteiger partial charge in [0, 0.05) is 16.3 Å². The summed E-state index contributed by atoms with van der Waals surface area (Å²) >= 11 is 1.75. The molecule has 1 unspecified atom stereocenters. The summed E-state index contributed by atoms with van der Waals surface area (Å²) in [6.45, 7) is 2.15. The summed E-state index contributed by atoms with van der Waals surface area (Å²) in [5.41, 5.74) is 6.78. The van der Waals surface area contributed by atoms with Gasteiger partial charge >= 0.3 is 6.03 Å². The van der Waals surface area contributed by atoms with E-state index in [2.05, 4.69) is 35.1 Å². The molecule has 1 atom stereocenters. The van der Waals surface area contributed by atoms with E-state index in [0.29, 0.717) is 11.7 Å². The molecule has 1 aromatic carbocycles. The Morgan fingerprint density at radius 3 is 2.47 bits per heavy atom. The van der Waals surface area contributed by atoms with Crippen molar-refractivity contribution >= 4 is 28.7 Å². The first kappa shape index (κ1) is 13.4. The second kappa shape index (κ2) is 6.24. The Kier molecular flexibility index (Phi) is 4.41. The summed E-state index contributed by atoms with van der Waals surface area (Å²) in [5, 5.41) is 8.10. The fourth-order valence-electron chi connectivity index (χ4n) is 1.86. The standard InChI is InChI=1S/C14H17N3OS/c1-2-12(13-4-3-9-19-13)16-10-5-7-11(8-6-10)17-14(15)18/h3-9,12,16H,2H2,1H3,(H3,15,17,18). The van der Waals surface area contributed by atoms with Gasteiger partial charge in [-0.3, -0.25) is 0 Å². The average Bonchev–Trinajstić information content (AvgIpc) is 2.91. The summed E-state index contributed by atoms with van der Waals surface area (Å²) < 4.78 is 0. The number of nitrogens with two attached hydrogens (primary N) is 1. The Morgan fingerprint density at radius 1 is 1.26 bits per heavy atom. The number of carbonyl (C=O) groups excluding carboxylic acids is 1. The van der Waals surface area contributed by atoms with E-state index in [4.69, 9.17) is 5.73 Å². The van der Waals surface area contributed by atoms with Crippen molar-refractivity contribution < 1.29 is 4.79 Å². The van der Waals surface area contributed by atoms with Crippen LogP contribution in [-0.2, 0) is 0 Å². The fraction of sp³-hybridized carbons (Fsp3) is 0.214. The zero-order valence-electron chi connectivity index (χ0n) is 10.7. The normalized spacial score (nSPS) is 11.8. The molecule has 0 fully saturated rings. The van der Waals surface area contributed by atoms with Gasteiger partial charge in [-0.1, -0.05) is 13.0 Å². The molecule has 0 aliphatic heterocycles. The van der Waals surface area contributed by atoms with Crippen molar-refractivity contribution in [3.05, 3.63) is 46.7 Å². The topological polar surface area (TPSA) is 67.2 Å². The molecule has 2 aromatic rings. The zero-order valence-corrected chi connectivity index (χ0v) is 11.5. The molecule has 19 heavy (non-hydrogen) atoms. The highest BCUT2D eigenvalue weighted by Gasteiger charge is 2.09. The van der Waals surface area contributed by atoms with E-state index in [9.17, 15) is 4.79 Å². The Morgan fingerprint density at radius 2 is 1.95 bits per heavy atom. The molecule has 0 aliphatic carbocycles. The second-order valence-electron chi connectivity index (χ2n) is 4.19. The van der Waals surface area contributed by atoms with Gasteiger partial charge in [0.25, 0.3) is 0 Å². The van der Waals surface area contributed by atoms with Gasteiger partial charge in [-0.15, -0.1) is 11.3 Å². The predicted molar refractivity (Wildman–Crippen MR) is 80.6 cm³/mol.